The van der Waals surface area contributed by atoms with Crippen molar-refractivity contribution in [2.75, 3.05) is 32.6 Å². The van der Waals surface area contributed by atoms with Crippen LogP contribution in [0.4, 0.5) is 0 Å². The Balaban J connectivity index is 1.64. The van der Waals surface area contributed by atoms with Crippen LogP contribution in [0.5, 0.6) is 0 Å². The van der Waals surface area contributed by atoms with Crippen molar-refractivity contribution in [1.29, 1.82) is 0 Å². The number of pyridine rings is 1. The van der Waals surface area contributed by atoms with Gasteiger partial charge in [-0.05, 0) is 18.1 Å². The van der Waals surface area contributed by atoms with Crippen LogP contribution in [0.1, 0.15) is 5.69 Å². The summed E-state index contributed by atoms with van der Waals surface area (Å²) in [5.74, 6) is -0.309. The number of aromatic nitrogens is 1. The van der Waals surface area contributed by atoms with Crippen molar-refractivity contribution in [3.63, 3.8) is 0 Å². The van der Waals surface area contributed by atoms with Gasteiger partial charge in [0.25, 0.3) is 0 Å². The maximum absolute atomic E-state index is 12.5. The van der Waals surface area contributed by atoms with Gasteiger partial charge < -0.3 is 10.1 Å². The summed E-state index contributed by atoms with van der Waals surface area (Å²) in [6.07, 6.45) is 2.89. The van der Waals surface area contributed by atoms with E-state index in [1.165, 1.54) is 10.6 Å². The fourth-order valence-electron chi connectivity index (χ4n) is 3.31. The summed E-state index contributed by atoms with van der Waals surface area (Å²) in [5.41, 5.74) is 0.790. The van der Waals surface area contributed by atoms with Crippen LogP contribution in [0.3, 0.4) is 0 Å². The fraction of sp³-hybridized carbons (Fsp3) is 0.600. The average molecular weight is 339 g/mol. The van der Waals surface area contributed by atoms with E-state index >= 15 is 0 Å². The molecule has 8 heteroatoms. The van der Waals surface area contributed by atoms with E-state index < -0.39 is 10.0 Å². The van der Waals surface area contributed by atoms with E-state index in [0.29, 0.717) is 32.8 Å². The summed E-state index contributed by atoms with van der Waals surface area (Å²) in [7, 11) is -3.23. The lowest BCUT2D eigenvalue weighted by Crippen LogP contribution is -2.44. The van der Waals surface area contributed by atoms with Crippen molar-refractivity contribution in [3.05, 3.63) is 30.1 Å². The van der Waals surface area contributed by atoms with E-state index in [1.807, 2.05) is 18.2 Å². The van der Waals surface area contributed by atoms with Crippen LogP contribution in [-0.2, 0) is 26.1 Å². The van der Waals surface area contributed by atoms with Crippen molar-refractivity contribution in [1.82, 2.24) is 14.6 Å². The number of carbonyl (C=O) groups excluding carboxylic acids is 1. The van der Waals surface area contributed by atoms with Gasteiger partial charge in [0.15, 0.2) is 0 Å². The smallest absolute Gasteiger partial charge is 0.226 e. The van der Waals surface area contributed by atoms with Gasteiger partial charge in [0.05, 0.1) is 37.6 Å². The first-order chi connectivity index (χ1) is 10.9. The van der Waals surface area contributed by atoms with Gasteiger partial charge in [-0.25, -0.2) is 12.7 Å². The number of carbonyl (C=O) groups is 1. The Morgan fingerprint density at radius 2 is 2.22 bits per heavy atom. The second-order valence-corrected chi connectivity index (χ2v) is 8.17. The van der Waals surface area contributed by atoms with Crippen LogP contribution in [-0.4, -0.2) is 56.2 Å². The molecule has 23 heavy (non-hydrogen) atoms. The predicted molar refractivity (Wildman–Crippen MR) is 83.8 cm³/mol. The molecule has 1 aromatic rings. The van der Waals surface area contributed by atoms with Crippen LogP contribution in [0.2, 0.25) is 0 Å². The lowest BCUT2D eigenvalue weighted by Gasteiger charge is -2.31. The van der Waals surface area contributed by atoms with E-state index in [-0.39, 0.29) is 23.7 Å². The number of nitrogens with one attached hydrogen (secondary N) is 1. The summed E-state index contributed by atoms with van der Waals surface area (Å²) in [6.45, 7) is 2.05. The van der Waals surface area contributed by atoms with Gasteiger partial charge >= 0.3 is 0 Å². The van der Waals surface area contributed by atoms with Gasteiger partial charge in [0.2, 0.25) is 15.9 Å². The Labute approximate surface area is 136 Å². The summed E-state index contributed by atoms with van der Waals surface area (Å²) in [5, 5.41) is 2.89. The minimum Gasteiger partial charge on any atom is -0.380 e. The summed E-state index contributed by atoms with van der Waals surface area (Å²) in [4.78, 5) is 16.7. The molecular weight excluding hydrogens is 318 g/mol. The molecule has 2 aliphatic rings. The summed E-state index contributed by atoms with van der Waals surface area (Å²) in [6, 6.07) is 5.54. The number of nitrogens with zero attached hydrogens (tertiary/aromatic N) is 2. The minimum absolute atomic E-state index is 0.0159. The second-order valence-electron chi connectivity index (χ2n) is 6.19. The number of sulfonamides is 1. The topological polar surface area (TPSA) is 88.6 Å². The molecule has 0 radical (unpaired) electrons. The highest BCUT2D eigenvalue weighted by Gasteiger charge is 2.46. The molecule has 2 fully saturated rings. The van der Waals surface area contributed by atoms with Gasteiger partial charge in [-0.1, -0.05) is 6.07 Å². The third-order valence-electron chi connectivity index (χ3n) is 4.58. The largest absolute Gasteiger partial charge is 0.380 e. The maximum atomic E-state index is 12.5. The zero-order valence-electron chi connectivity index (χ0n) is 13.0. The maximum Gasteiger partial charge on any atom is 0.226 e. The highest BCUT2D eigenvalue weighted by Crippen LogP contribution is 2.35. The molecule has 7 nitrogen and oxygen atoms in total. The quantitative estimate of drug-likeness (QED) is 0.824. The van der Waals surface area contributed by atoms with Gasteiger partial charge in [-0.3, -0.25) is 9.78 Å². The van der Waals surface area contributed by atoms with Crippen molar-refractivity contribution >= 4 is 15.9 Å². The molecule has 3 rings (SSSR count). The molecule has 0 unspecified atom stereocenters. The first-order valence-electron chi connectivity index (χ1n) is 7.65. The van der Waals surface area contributed by atoms with Gasteiger partial charge in [-0.2, -0.15) is 0 Å². The normalized spacial score (nSPS) is 28.3. The van der Waals surface area contributed by atoms with Crippen LogP contribution in [0.25, 0.3) is 0 Å². The fourth-order valence-corrected chi connectivity index (χ4v) is 4.22. The van der Waals surface area contributed by atoms with Crippen molar-refractivity contribution in [2.24, 2.45) is 17.8 Å². The first kappa shape index (κ1) is 16.4. The monoisotopic (exact) mass is 339 g/mol. The van der Waals surface area contributed by atoms with Crippen LogP contribution < -0.4 is 5.32 Å². The molecule has 0 spiro atoms. The highest BCUT2D eigenvalue weighted by atomic mass is 32.2. The third kappa shape index (κ3) is 3.70. The number of hydrogen-bond acceptors (Lipinski definition) is 5. The predicted octanol–water partition coefficient (Wildman–Crippen LogP) is -0.148. The summed E-state index contributed by atoms with van der Waals surface area (Å²) >= 11 is 0. The molecule has 126 valence electrons. The second kappa shape index (κ2) is 6.54. The molecule has 0 aromatic carbocycles. The number of fused-ring (bicyclic) bond motifs is 1. The highest BCUT2D eigenvalue weighted by molar-refractivity contribution is 7.88. The standard InChI is InChI=1S/C15H21N3O4S/c1-23(20,21)18-7-11-9-22-10-14(13(11)8-18)15(19)17-6-12-4-2-3-5-16-12/h2-5,11,13-14H,6-10H2,1H3,(H,17,19)/t11-,13-,14-/m1/s1. The van der Waals surface area contributed by atoms with Gasteiger partial charge in [-0.15, -0.1) is 0 Å². The Morgan fingerprint density at radius 3 is 2.91 bits per heavy atom. The van der Waals surface area contributed by atoms with Crippen molar-refractivity contribution in [2.45, 2.75) is 6.54 Å². The first-order valence-corrected chi connectivity index (χ1v) is 9.50. The molecule has 2 saturated heterocycles. The van der Waals surface area contributed by atoms with E-state index in [9.17, 15) is 13.2 Å². The Morgan fingerprint density at radius 1 is 1.39 bits per heavy atom. The molecule has 0 aliphatic carbocycles. The van der Waals surface area contributed by atoms with E-state index in [1.54, 1.807) is 6.20 Å². The number of hydrogen-bond donors (Lipinski definition) is 1. The Bertz CT molecular complexity index is 665. The molecule has 1 aromatic heterocycles. The Hall–Kier alpha value is -1.51. The zero-order valence-corrected chi connectivity index (χ0v) is 13.8. The summed E-state index contributed by atoms with van der Waals surface area (Å²) < 4.78 is 30.5. The molecule has 1 N–H and O–H groups in total. The minimum atomic E-state index is -3.23. The number of amides is 1. The number of ether oxygens (including phenoxy) is 1. The van der Waals surface area contributed by atoms with E-state index in [4.69, 9.17) is 4.74 Å². The molecule has 0 bridgehead atoms. The lowest BCUT2D eigenvalue weighted by atomic mass is 9.82. The molecule has 3 heterocycles. The Kier molecular flexibility index (Phi) is 4.65. The SMILES string of the molecule is CS(=O)(=O)N1C[C@@H]2COC[C@@H](C(=O)NCc3ccccn3)[C@@H]2C1. The molecule has 2 aliphatic heterocycles. The van der Waals surface area contributed by atoms with Crippen LogP contribution in [0.15, 0.2) is 24.4 Å². The zero-order chi connectivity index (χ0) is 16.4. The number of rotatable bonds is 4. The van der Waals surface area contributed by atoms with Crippen LogP contribution >= 0.6 is 0 Å². The lowest BCUT2D eigenvalue weighted by molar-refractivity contribution is -0.133. The van der Waals surface area contributed by atoms with E-state index in [2.05, 4.69) is 10.3 Å². The van der Waals surface area contributed by atoms with E-state index in [0.717, 1.165) is 5.69 Å². The van der Waals surface area contributed by atoms with Crippen LogP contribution in [0, 0.1) is 17.8 Å². The molecular formula is C15H21N3O4S. The molecule has 3 atom stereocenters. The average Bonchev–Trinajstić information content (AvgIpc) is 2.98. The van der Waals surface area contributed by atoms with Gasteiger partial charge in [0.1, 0.15) is 0 Å². The third-order valence-corrected chi connectivity index (χ3v) is 5.82. The van der Waals surface area contributed by atoms with Gasteiger partial charge in [0, 0.05) is 25.2 Å². The van der Waals surface area contributed by atoms with Crippen molar-refractivity contribution < 1.29 is 17.9 Å². The molecule has 0 saturated carbocycles. The van der Waals surface area contributed by atoms with Crippen molar-refractivity contribution in [3.8, 4) is 0 Å². The molecule has 1 amide bonds.